The molecule has 0 fully saturated rings. The number of hydrogen-bond donors (Lipinski definition) is 0. The van der Waals surface area contributed by atoms with E-state index in [1.165, 1.54) is 21.8 Å². The van der Waals surface area contributed by atoms with E-state index in [9.17, 15) is 9.59 Å². The number of carbonyl (C=O) groups excluding carboxylic acids is 1. The molecule has 29 heavy (non-hydrogen) atoms. The van der Waals surface area contributed by atoms with Gasteiger partial charge in [0.05, 0.1) is 13.3 Å². The average Bonchev–Trinajstić information content (AvgIpc) is 3.11. The van der Waals surface area contributed by atoms with Crippen molar-refractivity contribution in [2.75, 3.05) is 14.2 Å². The lowest BCUT2D eigenvalue weighted by Crippen LogP contribution is -2.33. The van der Waals surface area contributed by atoms with E-state index in [1.807, 2.05) is 36.4 Å². The number of methoxy groups -OCH3 is 1. The van der Waals surface area contributed by atoms with E-state index in [1.54, 1.807) is 26.1 Å². The quantitative estimate of drug-likeness (QED) is 0.519. The summed E-state index contributed by atoms with van der Waals surface area (Å²) >= 11 is 0. The summed E-state index contributed by atoms with van der Waals surface area (Å²) in [6, 6.07) is 11.9. The van der Waals surface area contributed by atoms with Gasteiger partial charge >= 0.3 is 0 Å². The lowest BCUT2D eigenvalue weighted by atomic mass is 10.1. The molecule has 0 saturated carbocycles. The Balaban J connectivity index is 1.50. The summed E-state index contributed by atoms with van der Waals surface area (Å²) in [5, 5.41) is 6.59. The predicted octanol–water partition coefficient (Wildman–Crippen LogP) is 1.95. The zero-order valence-corrected chi connectivity index (χ0v) is 16.5. The number of fused-ring (bicyclic) bond motifs is 2. The molecule has 1 amide bonds. The molecule has 0 bridgehead atoms. The van der Waals surface area contributed by atoms with Crippen molar-refractivity contribution in [2.45, 2.75) is 13.1 Å². The van der Waals surface area contributed by atoms with Gasteiger partial charge in [-0.2, -0.15) is 5.10 Å². The highest BCUT2D eigenvalue weighted by molar-refractivity contribution is 5.84. The van der Waals surface area contributed by atoms with Crippen LogP contribution in [0.4, 0.5) is 0 Å². The lowest BCUT2D eigenvalue weighted by molar-refractivity contribution is -0.131. The number of rotatable bonds is 5. The average molecular weight is 391 g/mol. The molecule has 2 heterocycles. The van der Waals surface area contributed by atoms with Crippen molar-refractivity contribution in [3.05, 3.63) is 64.8 Å². The fraction of sp³-hybridized carbons (Fsp3) is 0.238. The number of hydrogen-bond acceptors (Lipinski definition) is 5. The number of nitrogens with zero attached hydrogens (tertiary/aromatic N) is 5. The molecule has 0 saturated heterocycles. The Labute approximate surface area is 166 Å². The minimum atomic E-state index is -0.274. The van der Waals surface area contributed by atoms with Crippen molar-refractivity contribution in [3.63, 3.8) is 0 Å². The fourth-order valence-corrected chi connectivity index (χ4v) is 3.31. The van der Waals surface area contributed by atoms with Gasteiger partial charge in [-0.1, -0.05) is 18.2 Å². The number of ether oxygens (including phenoxy) is 1. The van der Waals surface area contributed by atoms with Crippen LogP contribution in [0.2, 0.25) is 0 Å². The first kappa shape index (κ1) is 18.7. The number of carbonyl (C=O) groups is 1. The second kappa shape index (κ2) is 7.38. The Bertz CT molecular complexity index is 1270. The van der Waals surface area contributed by atoms with Gasteiger partial charge < -0.3 is 9.64 Å². The van der Waals surface area contributed by atoms with Gasteiger partial charge in [0.25, 0.3) is 5.56 Å². The Morgan fingerprint density at radius 3 is 2.72 bits per heavy atom. The maximum atomic E-state index is 12.7. The fourth-order valence-electron chi connectivity index (χ4n) is 3.31. The SMILES string of the molecule is COc1ccc2cc(CN(C)C(=O)Cn3cnc4c(cnn4C)c3=O)ccc2c1. The first-order valence-electron chi connectivity index (χ1n) is 9.14. The van der Waals surface area contributed by atoms with Gasteiger partial charge in [0, 0.05) is 20.6 Å². The van der Waals surface area contributed by atoms with Gasteiger partial charge in [-0.15, -0.1) is 0 Å². The zero-order chi connectivity index (χ0) is 20.5. The van der Waals surface area contributed by atoms with Gasteiger partial charge in [-0.3, -0.25) is 18.8 Å². The highest BCUT2D eigenvalue weighted by Gasteiger charge is 2.14. The van der Waals surface area contributed by atoms with Crippen LogP contribution in [0.5, 0.6) is 5.75 Å². The molecule has 8 nitrogen and oxygen atoms in total. The van der Waals surface area contributed by atoms with Gasteiger partial charge in [0.1, 0.15) is 24.0 Å². The molecule has 2 aromatic carbocycles. The van der Waals surface area contributed by atoms with Crippen molar-refractivity contribution in [2.24, 2.45) is 7.05 Å². The summed E-state index contributed by atoms with van der Waals surface area (Å²) in [5.74, 6) is 0.633. The van der Waals surface area contributed by atoms with Gasteiger partial charge in [-0.05, 0) is 34.5 Å². The molecule has 8 heteroatoms. The van der Waals surface area contributed by atoms with E-state index in [0.29, 0.717) is 17.6 Å². The number of benzene rings is 2. The molecule has 4 aromatic rings. The summed E-state index contributed by atoms with van der Waals surface area (Å²) in [5.41, 5.74) is 1.23. The van der Waals surface area contributed by atoms with Gasteiger partial charge in [0.15, 0.2) is 5.65 Å². The van der Waals surface area contributed by atoms with Crippen molar-refractivity contribution in [1.82, 2.24) is 24.2 Å². The minimum absolute atomic E-state index is 0.0715. The van der Waals surface area contributed by atoms with Crippen molar-refractivity contribution >= 4 is 27.7 Å². The van der Waals surface area contributed by atoms with Crippen LogP contribution in [0.25, 0.3) is 21.8 Å². The molecule has 4 rings (SSSR count). The van der Waals surface area contributed by atoms with Crippen molar-refractivity contribution < 1.29 is 9.53 Å². The van der Waals surface area contributed by atoms with E-state index in [-0.39, 0.29) is 18.0 Å². The smallest absolute Gasteiger partial charge is 0.264 e. The number of aryl methyl sites for hydroxylation is 1. The predicted molar refractivity (Wildman–Crippen MR) is 110 cm³/mol. The van der Waals surface area contributed by atoms with Crippen molar-refractivity contribution in [3.8, 4) is 5.75 Å². The largest absolute Gasteiger partial charge is 0.497 e. The summed E-state index contributed by atoms with van der Waals surface area (Å²) < 4.78 is 8.10. The molecule has 0 aliphatic carbocycles. The number of likely N-dealkylation sites (N-methyl/N-ethyl adjacent to an activating group) is 1. The van der Waals surface area contributed by atoms with Crippen LogP contribution >= 0.6 is 0 Å². The molecule has 0 spiro atoms. The monoisotopic (exact) mass is 391 g/mol. The standard InChI is InChI=1S/C21H21N5O3/c1-24(11-14-4-5-16-9-17(29-3)7-6-15(16)8-14)19(27)12-26-13-22-20-18(21(26)28)10-23-25(20)2/h4-10,13H,11-12H2,1-3H3. The normalized spacial score (nSPS) is 11.1. The first-order valence-corrected chi connectivity index (χ1v) is 9.14. The Hall–Kier alpha value is -3.68. The Morgan fingerprint density at radius 1 is 1.17 bits per heavy atom. The van der Waals surface area contributed by atoms with Crippen LogP contribution < -0.4 is 10.3 Å². The molecular formula is C21H21N5O3. The Kier molecular flexibility index (Phi) is 4.75. The maximum Gasteiger partial charge on any atom is 0.264 e. The number of amides is 1. The van der Waals surface area contributed by atoms with Crippen molar-refractivity contribution in [1.29, 1.82) is 0 Å². The summed E-state index contributed by atoms with van der Waals surface area (Å²) in [4.78, 5) is 31.0. The molecule has 0 atom stereocenters. The second-order valence-corrected chi connectivity index (χ2v) is 6.98. The third kappa shape index (κ3) is 3.56. The molecule has 0 unspecified atom stereocenters. The van der Waals surface area contributed by atoms with Crippen LogP contribution in [0.3, 0.4) is 0 Å². The van der Waals surface area contributed by atoms with E-state index in [4.69, 9.17) is 4.74 Å². The minimum Gasteiger partial charge on any atom is -0.497 e. The van der Waals surface area contributed by atoms with E-state index in [0.717, 1.165) is 22.1 Å². The third-order valence-corrected chi connectivity index (χ3v) is 4.98. The highest BCUT2D eigenvalue weighted by atomic mass is 16.5. The highest BCUT2D eigenvalue weighted by Crippen LogP contribution is 2.22. The summed E-state index contributed by atoms with van der Waals surface area (Å²) in [7, 11) is 5.09. The molecule has 148 valence electrons. The second-order valence-electron chi connectivity index (χ2n) is 6.98. The maximum absolute atomic E-state index is 12.7. The third-order valence-electron chi connectivity index (χ3n) is 4.98. The first-order chi connectivity index (χ1) is 14.0. The molecular weight excluding hydrogens is 370 g/mol. The molecule has 2 aromatic heterocycles. The van der Waals surface area contributed by atoms with E-state index < -0.39 is 0 Å². The molecule has 0 N–H and O–H groups in total. The van der Waals surface area contributed by atoms with Crippen LogP contribution in [0.1, 0.15) is 5.56 Å². The molecule has 0 radical (unpaired) electrons. The topological polar surface area (TPSA) is 82.2 Å². The van der Waals surface area contributed by atoms with Gasteiger partial charge in [-0.25, -0.2) is 4.98 Å². The lowest BCUT2D eigenvalue weighted by Gasteiger charge is -2.18. The van der Waals surface area contributed by atoms with Crippen LogP contribution in [0, 0.1) is 0 Å². The Morgan fingerprint density at radius 2 is 1.93 bits per heavy atom. The number of aromatic nitrogens is 4. The van der Waals surface area contributed by atoms with Crippen LogP contribution in [0.15, 0.2) is 53.7 Å². The van der Waals surface area contributed by atoms with Gasteiger partial charge in [0.2, 0.25) is 5.91 Å². The van der Waals surface area contributed by atoms with E-state index in [2.05, 4.69) is 10.1 Å². The molecule has 0 aliphatic rings. The summed E-state index contributed by atoms with van der Waals surface area (Å²) in [6.07, 6.45) is 2.86. The van der Waals surface area contributed by atoms with E-state index >= 15 is 0 Å². The zero-order valence-electron chi connectivity index (χ0n) is 16.5. The van der Waals surface area contributed by atoms with Crippen LogP contribution in [-0.4, -0.2) is 44.3 Å². The van der Waals surface area contributed by atoms with Crippen LogP contribution in [-0.2, 0) is 24.9 Å². The molecule has 0 aliphatic heterocycles. The summed E-state index contributed by atoms with van der Waals surface area (Å²) in [6.45, 7) is 0.371.